The molecule has 0 bridgehead atoms. The Morgan fingerprint density at radius 2 is 1.77 bits per heavy atom. The normalized spacial score (nSPS) is 11.9. The molecule has 13 nitrogen and oxygen atoms in total. The van der Waals surface area contributed by atoms with Crippen LogP contribution in [0.15, 0.2) is 49.5 Å². The summed E-state index contributed by atoms with van der Waals surface area (Å²) in [6.45, 7) is 2.97. The monoisotopic (exact) mass is 501 g/mol. The summed E-state index contributed by atoms with van der Waals surface area (Å²) in [4.78, 5) is 41.3. The Morgan fingerprint density at radius 3 is 2.43 bits per heavy atom. The van der Waals surface area contributed by atoms with Crippen LogP contribution in [0, 0.1) is 0 Å². The zero-order valence-electron chi connectivity index (χ0n) is 19.4. The minimum absolute atomic E-state index is 0.110. The summed E-state index contributed by atoms with van der Waals surface area (Å²) in [6, 6.07) is 6.25. The van der Waals surface area contributed by atoms with Crippen molar-refractivity contribution in [2.24, 2.45) is 14.1 Å². The van der Waals surface area contributed by atoms with Crippen LogP contribution in [0.3, 0.4) is 0 Å². The van der Waals surface area contributed by atoms with E-state index >= 15 is 0 Å². The molecule has 0 fully saturated rings. The number of rotatable bonds is 7. The molecule has 0 atom stereocenters. The molecular formula is C21H23N7O6S. The number of sulfone groups is 1. The van der Waals surface area contributed by atoms with Crippen molar-refractivity contribution in [2.45, 2.75) is 37.0 Å². The molecule has 0 radical (unpaired) electrons. The first-order valence-electron chi connectivity index (χ1n) is 10.5. The van der Waals surface area contributed by atoms with Crippen molar-refractivity contribution >= 4 is 32.9 Å². The molecule has 3 heterocycles. The number of aryl methyl sites for hydroxylation is 1. The van der Waals surface area contributed by atoms with Gasteiger partial charge in [-0.1, -0.05) is 17.2 Å². The van der Waals surface area contributed by atoms with Gasteiger partial charge >= 0.3 is 11.7 Å². The third-order valence-electron chi connectivity index (χ3n) is 5.47. The number of carbonyl (C=O) groups is 1. The van der Waals surface area contributed by atoms with Gasteiger partial charge in [-0.05, 0) is 31.5 Å². The highest BCUT2D eigenvalue weighted by molar-refractivity contribution is 7.92. The van der Waals surface area contributed by atoms with E-state index in [0.29, 0.717) is 0 Å². The van der Waals surface area contributed by atoms with Crippen molar-refractivity contribution < 1.29 is 17.6 Å². The van der Waals surface area contributed by atoms with Crippen LogP contribution in [0.25, 0.3) is 11.2 Å². The molecule has 3 aromatic heterocycles. The number of hydrogen-bond donors (Lipinski definition) is 1. The molecule has 35 heavy (non-hydrogen) atoms. The van der Waals surface area contributed by atoms with Crippen molar-refractivity contribution in [3.8, 4) is 0 Å². The summed E-state index contributed by atoms with van der Waals surface area (Å²) in [5, 5.41) is 9.64. The van der Waals surface area contributed by atoms with Crippen LogP contribution in [-0.2, 0) is 41.7 Å². The van der Waals surface area contributed by atoms with Crippen LogP contribution >= 0.6 is 0 Å². The molecule has 4 aromatic rings. The maximum Gasteiger partial charge on any atom is 0.332 e. The molecule has 1 amide bonds. The number of amides is 1. The first-order valence-corrected chi connectivity index (χ1v) is 12.1. The van der Waals surface area contributed by atoms with E-state index in [1.54, 1.807) is 26.0 Å². The van der Waals surface area contributed by atoms with Crippen LogP contribution in [0.4, 0.5) is 6.01 Å². The molecule has 0 spiro atoms. The molecule has 1 aromatic carbocycles. The molecule has 184 valence electrons. The topological polar surface area (TPSA) is 164 Å². The second-order valence-corrected chi connectivity index (χ2v) is 10.7. The van der Waals surface area contributed by atoms with Crippen LogP contribution in [-0.4, -0.2) is 48.5 Å². The molecule has 0 aliphatic rings. The van der Waals surface area contributed by atoms with Gasteiger partial charge in [-0.2, -0.15) is 0 Å². The lowest BCUT2D eigenvalue weighted by Crippen LogP contribution is -2.37. The zero-order valence-corrected chi connectivity index (χ0v) is 20.2. The van der Waals surface area contributed by atoms with Gasteiger partial charge in [-0.3, -0.25) is 24.0 Å². The van der Waals surface area contributed by atoms with Crippen LogP contribution < -0.4 is 16.6 Å². The maximum absolute atomic E-state index is 12.5. The summed E-state index contributed by atoms with van der Waals surface area (Å²) >= 11 is 0. The Kier molecular flexibility index (Phi) is 6.15. The lowest BCUT2D eigenvalue weighted by atomic mass is 10.1. The van der Waals surface area contributed by atoms with E-state index in [9.17, 15) is 22.8 Å². The SMILES string of the molecule is CC(C)S(=O)(=O)c1ccc(Cc2nnc(NC(=O)Cn3cnc4c3c(=O)n(C)c(=O)n4C)o2)cc1. The van der Waals surface area contributed by atoms with Gasteiger partial charge < -0.3 is 8.98 Å². The smallest absolute Gasteiger partial charge is 0.332 e. The summed E-state index contributed by atoms with van der Waals surface area (Å²) < 4.78 is 33.4. The van der Waals surface area contributed by atoms with E-state index in [4.69, 9.17) is 4.42 Å². The van der Waals surface area contributed by atoms with Gasteiger partial charge in [0.05, 0.1) is 22.9 Å². The minimum atomic E-state index is -3.36. The molecule has 0 saturated heterocycles. The molecule has 4 rings (SSSR count). The van der Waals surface area contributed by atoms with Crippen molar-refractivity contribution in [2.75, 3.05) is 5.32 Å². The van der Waals surface area contributed by atoms with Gasteiger partial charge in [-0.15, -0.1) is 5.10 Å². The predicted octanol–water partition coefficient (Wildman–Crippen LogP) is 0.228. The van der Waals surface area contributed by atoms with Gasteiger partial charge in [0.2, 0.25) is 11.8 Å². The molecule has 0 unspecified atom stereocenters. The highest BCUT2D eigenvalue weighted by atomic mass is 32.2. The first kappa shape index (κ1) is 24.1. The van der Waals surface area contributed by atoms with E-state index in [1.807, 2.05) is 0 Å². The Hall–Kier alpha value is -4.07. The third-order valence-corrected chi connectivity index (χ3v) is 7.64. The summed E-state index contributed by atoms with van der Waals surface area (Å²) in [6.07, 6.45) is 1.54. The number of hydrogen-bond acceptors (Lipinski definition) is 9. The average Bonchev–Trinajstić information content (AvgIpc) is 3.43. The van der Waals surface area contributed by atoms with Gasteiger partial charge in [0.25, 0.3) is 5.56 Å². The number of nitrogens with zero attached hydrogens (tertiary/aromatic N) is 6. The second kappa shape index (κ2) is 8.94. The highest BCUT2D eigenvalue weighted by Crippen LogP contribution is 2.18. The van der Waals surface area contributed by atoms with E-state index in [-0.39, 0.29) is 40.9 Å². The first-order chi connectivity index (χ1) is 16.5. The van der Waals surface area contributed by atoms with Crippen molar-refractivity contribution in [1.82, 2.24) is 28.9 Å². The average molecular weight is 502 g/mol. The highest BCUT2D eigenvalue weighted by Gasteiger charge is 2.20. The number of fused-ring (bicyclic) bond motifs is 1. The van der Waals surface area contributed by atoms with Gasteiger partial charge in [0.15, 0.2) is 21.0 Å². The molecular weight excluding hydrogens is 478 g/mol. The quantitative estimate of drug-likeness (QED) is 0.373. The zero-order chi connectivity index (χ0) is 25.5. The molecule has 14 heteroatoms. The van der Waals surface area contributed by atoms with Gasteiger partial charge in [0, 0.05) is 14.1 Å². The fraction of sp³-hybridized carbons (Fsp3) is 0.333. The van der Waals surface area contributed by atoms with E-state index in [0.717, 1.165) is 10.1 Å². The van der Waals surface area contributed by atoms with Crippen molar-refractivity contribution in [3.05, 3.63) is 62.9 Å². The number of anilines is 1. The fourth-order valence-corrected chi connectivity index (χ4v) is 4.51. The third kappa shape index (κ3) is 4.51. The van der Waals surface area contributed by atoms with Crippen molar-refractivity contribution in [1.29, 1.82) is 0 Å². The largest absolute Gasteiger partial charge is 0.407 e. The van der Waals surface area contributed by atoms with Gasteiger partial charge in [-0.25, -0.2) is 18.2 Å². The Balaban J connectivity index is 1.45. The predicted molar refractivity (Wildman–Crippen MR) is 125 cm³/mol. The molecule has 1 N–H and O–H groups in total. The number of nitrogens with one attached hydrogen (secondary N) is 1. The van der Waals surface area contributed by atoms with E-state index in [1.165, 1.54) is 41.7 Å². The number of aromatic nitrogens is 6. The van der Waals surface area contributed by atoms with Crippen LogP contribution in [0.1, 0.15) is 25.3 Å². The lowest BCUT2D eigenvalue weighted by molar-refractivity contribution is -0.116. The molecule has 0 aliphatic carbocycles. The Bertz CT molecular complexity index is 1640. The maximum atomic E-state index is 12.5. The number of benzene rings is 1. The number of carbonyl (C=O) groups excluding carboxylic acids is 1. The minimum Gasteiger partial charge on any atom is -0.407 e. The molecule has 0 aliphatic heterocycles. The van der Waals surface area contributed by atoms with Gasteiger partial charge in [0.1, 0.15) is 6.54 Å². The lowest BCUT2D eigenvalue weighted by Gasteiger charge is -2.08. The Morgan fingerprint density at radius 1 is 1.09 bits per heavy atom. The second-order valence-electron chi connectivity index (χ2n) is 8.21. The van der Waals surface area contributed by atoms with Crippen LogP contribution in [0.2, 0.25) is 0 Å². The number of imidazole rings is 1. The van der Waals surface area contributed by atoms with E-state index in [2.05, 4.69) is 20.5 Å². The summed E-state index contributed by atoms with van der Waals surface area (Å²) in [5.74, 6) is -0.324. The standard InChI is InChI=1S/C21H23N7O6S/c1-12(2)35(32,33)14-7-5-13(6-8-14)9-16-24-25-20(34-16)23-15(29)10-28-11-22-18-17(28)19(30)27(4)21(31)26(18)3/h5-8,11-12H,9-10H2,1-4H3,(H,23,25,29). The van der Waals surface area contributed by atoms with Crippen LogP contribution in [0.5, 0.6) is 0 Å². The fourth-order valence-electron chi connectivity index (χ4n) is 3.45. The molecule has 0 saturated carbocycles. The Labute approximate surface area is 199 Å². The van der Waals surface area contributed by atoms with E-state index < -0.39 is 32.2 Å². The van der Waals surface area contributed by atoms with Crippen molar-refractivity contribution in [3.63, 3.8) is 0 Å². The summed E-state index contributed by atoms with van der Waals surface area (Å²) in [5.41, 5.74) is -0.0647. The summed E-state index contributed by atoms with van der Waals surface area (Å²) in [7, 11) is -0.534.